The maximum Gasteiger partial charge on any atom is 0.223 e. The SMILES string of the molecule is CCCC(=O)N1Cc2ccc(S(C)(=O)=O)cc2C1. The van der Waals surface area contributed by atoms with Crippen LogP contribution in [0.2, 0.25) is 0 Å². The van der Waals surface area contributed by atoms with E-state index in [4.69, 9.17) is 0 Å². The number of hydrogen-bond donors (Lipinski definition) is 0. The zero-order valence-electron chi connectivity index (χ0n) is 10.6. The van der Waals surface area contributed by atoms with E-state index in [-0.39, 0.29) is 5.91 Å². The largest absolute Gasteiger partial charge is 0.334 e. The Morgan fingerprint density at radius 1 is 1.28 bits per heavy atom. The topological polar surface area (TPSA) is 54.5 Å². The second-order valence-electron chi connectivity index (χ2n) is 4.70. The van der Waals surface area contributed by atoms with Gasteiger partial charge in [0, 0.05) is 25.8 Å². The molecule has 0 spiro atoms. The average molecular weight is 267 g/mol. The van der Waals surface area contributed by atoms with Crippen LogP contribution in [0, 0.1) is 0 Å². The molecule has 0 saturated heterocycles. The first kappa shape index (κ1) is 13.1. The lowest BCUT2D eigenvalue weighted by atomic mass is 10.1. The fraction of sp³-hybridized carbons (Fsp3) is 0.462. The van der Waals surface area contributed by atoms with Gasteiger partial charge < -0.3 is 4.90 Å². The Kier molecular flexibility index (Phi) is 3.43. The van der Waals surface area contributed by atoms with Crippen LogP contribution in [0.4, 0.5) is 0 Å². The highest BCUT2D eigenvalue weighted by molar-refractivity contribution is 7.90. The van der Waals surface area contributed by atoms with E-state index < -0.39 is 9.84 Å². The molecule has 1 aromatic carbocycles. The third kappa shape index (κ3) is 2.56. The van der Waals surface area contributed by atoms with Gasteiger partial charge in [0.05, 0.1) is 4.90 Å². The summed E-state index contributed by atoms with van der Waals surface area (Å²) in [7, 11) is -3.18. The van der Waals surface area contributed by atoms with E-state index in [1.807, 2.05) is 13.0 Å². The molecule has 1 amide bonds. The fourth-order valence-corrected chi connectivity index (χ4v) is 2.82. The van der Waals surface area contributed by atoms with Crippen LogP contribution in [0.25, 0.3) is 0 Å². The molecule has 0 atom stereocenters. The Labute approximate surface area is 108 Å². The van der Waals surface area contributed by atoms with Crippen LogP contribution in [0.15, 0.2) is 23.1 Å². The van der Waals surface area contributed by atoms with Crippen molar-refractivity contribution in [1.29, 1.82) is 0 Å². The van der Waals surface area contributed by atoms with Crippen molar-refractivity contribution in [3.8, 4) is 0 Å². The highest BCUT2D eigenvalue weighted by Crippen LogP contribution is 2.26. The molecule has 2 rings (SSSR count). The first-order valence-corrected chi connectivity index (χ1v) is 7.90. The second-order valence-corrected chi connectivity index (χ2v) is 6.72. The van der Waals surface area contributed by atoms with Gasteiger partial charge in [0.2, 0.25) is 5.91 Å². The normalized spacial score (nSPS) is 14.7. The van der Waals surface area contributed by atoms with Crippen LogP contribution >= 0.6 is 0 Å². The molecule has 18 heavy (non-hydrogen) atoms. The Balaban J connectivity index is 2.23. The highest BCUT2D eigenvalue weighted by atomic mass is 32.2. The molecule has 0 unspecified atom stereocenters. The third-order valence-corrected chi connectivity index (χ3v) is 4.26. The van der Waals surface area contributed by atoms with Gasteiger partial charge in [0.25, 0.3) is 0 Å². The number of carbonyl (C=O) groups is 1. The van der Waals surface area contributed by atoms with Gasteiger partial charge in [-0.1, -0.05) is 13.0 Å². The minimum absolute atomic E-state index is 0.134. The van der Waals surface area contributed by atoms with E-state index in [0.29, 0.717) is 24.4 Å². The van der Waals surface area contributed by atoms with Gasteiger partial charge in [0.1, 0.15) is 0 Å². The number of sulfone groups is 1. The lowest BCUT2D eigenvalue weighted by molar-refractivity contribution is -0.131. The number of benzene rings is 1. The zero-order chi connectivity index (χ0) is 13.3. The van der Waals surface area contributed by atoms with Crippen molar-refractivity contribution in [2.45, 2.75) is 37.8 Å². The summed E-state index contributed by atoms with van der Waals surface area (Å²) in [4.78, 5) is 13.9. The van der Waals surface area contributed by atoms with Crippen molar-refractivity contribution in [3.63, 3.8) is 0 Å². The van der Waals surface area contributed by atoms with E-state index in [0.717, 1.165) is 17.5 Å². The van der Waals surface area contributed by atoms with Crippen molar-refractivity contribution in [1.82, 2.24) is 4.90 Å². The van der Waals surface area contributed by atoms with Crippen LogP contribution in [-0.4, -0.2) is 25.5 Å². The predicted molar refractivity (Wildman–Crippen MR) is 68.7 cm³/mol. The zero-order valence-corrected chi connectivity index (χ0v) is 11.5. The van der Waals surface area contributed by atoms with E-state index in [1.165, 1.54) is 6.26 Å². The molecular weight excluding hydrogens is 250 g/mol. The summed E-state index contributed by atoms with van der Waals surface area (Å²) in [6.07, 6.45) is 2.58. The summed E-state index contributed by atoms with van der Waals surface area (Å²) in [5.74, 6) is 0.134. The number of nitrogens with zero attached hydrogens (tertiary/aromatic N) is 1. The molecule has 0 bridgehead atoms. The van der Waals surface area contributed by atoms with Gasteiger partial charge in [-0.25, -0.2) is 8.42 Å². The summed E-state index contributed by atoms with van der Waals surface area (Å²) in [5, 5.41) is 0. The lowest BCUT2D eigenvalue weighted by Crippen LogP contribution is -2.24. The maximum atomic E-state index is 11.8. The number of hydrogen-bond acceptors (Lipinski definition) is 3. The van der Waals surface area contributed by atoms with Crippen LogP contribution < -0.4 is 0 Å². The second kappa shape index (κ2) is 4.72. The number of carbonyl (C=O) groups excluding carboxylic acids is 1. The Morgan fingerprint density at radius 3 is 2.56 bits per heavy atom. The molecule has 0 aliphatic carbocycles. The molecule has 1 heterocycles. The predicted octanol–water partition coefficient (Wildman–Crippen LogP) is 1.73. The summed E-state index contributed by atoms with van der Waals surface area (Å²) >= 11 is 0. The van der Waals surface area contributed by atoms with Crippen LogP contribution in [0.5, 0.6) is 0 Å². The molecule has 5 heteroatoms. The average Bonchev–Trinajstić information content (AvgIpc) is 2.70. The summed E-state index contributed by atoms with van der Waals surface area (Å²) in [5.41, 5.74) is 1.99. The van der Waals surface area contributed by atoms with Crippen LogP contribution in [0.1, 0.15) is 30.9 Å². The molecule has 0 fully saturated rings. The Hall–Kier alpha value is -1.36. The standard InChI is InChI=1S/C13H17NO3S/c1-3-4-13(15)14-8-10-5-6-12(18(2,16)17)7-11(10)9-14/h5-7H,3-4,8-9H2,1-2H3. The maximum absolute atomic E-state index is 11.8. The van der Waals surface area contributed by atoms with Crippen molar-refractivity contribution in [2.24, 2.45) is 0 Å². The van der Waals surface area contributed by atoms with Crippen LogP contribution in [0.3, 0.4) is 0 Å². The van der Waals surface area contributed by atoms with Crippen molar-refractivity contribution in [3.05, 3.63) is 29.3 Å². The molecule has 98 valence electrons. The number of rotatable bonds is 3. The van der Waals surface area contributed by atoms with Gasteiger partial charge in [-0.15, -0.1) is 0 Å². The molecule has 0 aromatic heterocycles. The van der Waals surface area contributed by atoms with Crippen molar-refractivity contribution < 1.29 is 13.2 Å². The van der Waals surface area contributed by atoms with Gasteiger partial charge in [-0.05, 0) is 29.7 Å². The van der Waals surface area contributed by atoms with Gasteiger partial charge in [0.15, 0.2) is 9.84 Å². The molecule has 1 aliphatic rings. The van der Waals surface area contributed by atoms with Gasteiger partial charge in [-0.2, -0.15) is 0 Å². The van der Waals surface area contributed by atoms with Crippen molar-refractivity contribution >= 4 is 15.7 Å². The van der Waals surface area contributed by atoms with E-state index in [1.54, 1.807) is 17.0 Å². The molecular formula is C13H17NO3S. The monoisotopic (exact) mass is 267 g/mol. The molecule has 1 aromatic rings. The molecule has 0 saturated carbocycles. The quantitative estimate of drug-likeness (QED) is 0.838. The number of amides is 1. The summed E-state index contributed by atoms with van der Waals surface area (Å²) in [6, 6.07) is 5.11. The summed E-state index contributed by atoms with van der Waals surface area (Å²) < 4.78 is 22.9. The first-order chi connectivity index (χ1) is 8.41. The van der Waals surface area contributed by atoms with E-state index in [2.05, 4.69) is 0 Å². The Bertz CT molecular complexity index is 578. The Morgan fingerprint density at radius 2 is 1.94 bits per heavy atom. The molecule has 4 nitrogen and oxygen atoms in total. The lowest BCUT2D eigenvalue weighted by Gasteiger charge is -2.14. The van der Waals surface area contributed by atoms with Crippen molar-refractivity contribution in [2.75, 3.05) is 6.26 Å². The van der Waals surface area contributed by atoms with E-state index >= 15 is 0 Å². The third-order valence-electron chi connectivity index (χ3n) is 3.14. The minimum Gasteiger partial charge on any atom is -0.334 e. The summed E-state index contributed by atoms with van der Waals surface area (Å²) in [6.45, 7) is 3.10. The van der Waals surface area contributed by atoms with Gasteiger partial charge in [-0.3, -0.25) is 4.79 Å². The fourth-order valence-electron chi connectivity index (χ4n) is 2.15. The smallest absolute Gasteiger partial charge is 0.223 e. The molecule has 1 aliphatic heterocycles. The van der Waals surface area contributed by atoms with Crippen LogP contribution in [-0.2, 0) is 27.7 Å². The minimum atomic E-state index is -3.18. The van der Waals surface area contributed by atoms with Gasteiger partial charge >= 0.3 is 0 Å². The number of fused-ring (bicyclic) bond motifs is 1. The highest BCUT2D eigenvalue weighted by Gasteiger charge is 2.23. The van der Waals surface area contributed by atoms with E-state index in [9.17, 15) is 13.2 Å². The first-order valence-electron chi connectivity index (χ1n) is 6.01. The molecule has 0 N–H and O–H groups in total. The molecule has 0 radical (unpaired) electrons.